The number of ether oxygens (including phenoxy) is 1. The number of benzene rings is 3. The Bertz CT molecular complexity index is 1350. The third-order valence-electron chi connectivity index (χ3n) is 7.79. The van der Waals surface area contributed by atoms with E-state index in [1.807, 2.05) is 24.3 Å². The number of carbonyl (C=O) groups is 1. The van der Waals surface area contributed by atoms with Crippen LogP contribution in [-0.2, 0) is 11.3 Å². The highest BCUT2D eigenvalue weighted by Gasteiger charge is 2.45. The monoisotopic (exact) mass is 449 g/mol. The Morgan fingerprint density at radius 2 is 1.35 bits per heavy atom. The lowest BCUT2D eigenvalue weighted by atomic mass is 9.82. The van der Waals surface area contributed by atoms with Gasteiger partial charge in [0.1, 0.15) is 18.0 Å². The average Bonchev–Trinajstić information content (AvgIpc) is 3.79. The van der Waals surface area contributed by atoms with E-state index in [0.29, 0.717) is 17.7 Å². The van der Waals surface area contributed by atoms with Crippen LogP contribution < -0.4 is 11.1 Å². The summed E-state index contributed by atoms with van der Waals surface area (Å²) >= 11 is 0. The molecule has 2 saturated carbocycles. The van der Waals surface area contributed by atoms with Gasteiger partial charge in [-0.25, -0.2) is 0 Å². The van der Waals surface area contributed by atoms with E-state index < -0.39 is 0 Å². The SMILES string of the molecule is N=C(N)c1ccc(CNC(=O)c2ccc3c(c2)[C@@H]2O[C@H]3c3cc(C4CC4)c(C4CC4)cc32)cc1. The lowest BCUT2D eigenvalue weighted by Gasteiger charge is -2.20. The second-order valence-electron chi connectivity index (χ2n) is 10.2. The summed E-state index contributed by atoms with van der Waals surface area (Å²) in [7, 11) is 0. The molecule has 2 fully saturated rings. The molecule has 3 aromatic rings. The largest absolute Gasteiger partial charge is 0.384 e. The number of hydrogen-bond acceptors (Lipinski definition) is 3. The predicted molar refractivity (Wildman–Crippen MR) is 130 cm³/mol. The first-order chi connectivity index (χ1) is 16.6. The molecule has 2 aliphatic heterocycles. The molecule has 0 spiro atoms. The molecule has 1 amide bonds. The molecular weight excluding hydrogens is 422 g/mol. The summed E-state index contributed by atoms with van der Waals surface area (Å²) in [6.07, 6.45) is 5.20. The number of nitrogens with two attached hydrogens (primary N) is 1. The molecule has 2 aliphatic carbocycles. The summed E-state index contributed by atoms with van der Waals surface area (Å²) in [5.74, 6) is 1.44. The van der Waals surface area contributed by atoms with Crippen LogP contribution in [0.2, 0.25) is 0 Å². The fourth-order valence-corrected chi connectivity index (χ4v) is 5.65. The van der Waals surface area contributed by atoms with Gasteiger partial charge in [-0.15, -0.1) is 0 Å². The van der Waals surface area contributed by atoms with Gasteiger partial charge in [-0.3, -0.25) is 10.2 Å². The Morgan fingerprint density at radius 3 is 1.94 bits per heavy atom. The molecule has 2 atom stereocenters. The topological polar surface area (TPSA) is 88.2 Å². The van der Waals surface area contributed by atoms with Crippen molar-refractivity contribution >= 4 is 11.7 Å². The minimum absolute atomic E-state index is 0.00217. The third-order valence-corrected chi connectivity index (χ3v) is 7.79. The third kappa shape index (κ3) is 3.18. The molecule has 7 rings (SSSR count). The lowest BCUT2D eigenvalue weighted by Crippen LogP contribution is -2.23. The van der Waals surface area contributed by atoms with Gasteiger partial charge in [-0.1, -0.05) is 42.5 Å². The Kier molecular flexibility index (Phi) is 4.28. The maximum Gasteiger partial charge on any atom is 0.251 e. The Hall–Kier alpha value is -3.44. The van der Waals surface area contributed by atoms with Crippen molar-refractivity contribution in [3.8, 4) is 0 Å². The lowest BCUT2D eigenvalue weighted by molar-refractivity contribution is 0.0857. The Labute approximate surface area is 198 Å². The summed E-state index contributed by atoms with van der Waals surface area (Å²) in [4.78, 5) is 12.9. The van der Waals surface area contributed by atoms with Crippen LogP contribution in [0, 0.1) is 5.41 Å². The standard InChI is InChI=1S/C29H27N3O2/c30-28(31)18-3-1-15(2-4-18)14-32-29(33)19-9-10-20-23(11-19)27-25-13-22(17-7-8-17)21(16-5-6-16)12-24(25)26(20)34-27/h1-4,9-13,16-17,26-27H,5-8,14H2,(H3,30,31)(H,32,33)/t26-,27+/m1/s1. The molecule has 0 saturated heterocycles. The van der Waals surface area contributed by atoms with Crippen molar-refractivity contribution in [2.24, 2.45) is 5.73 Å². The molecule has 34 heavy (non-hydrogen) atoms. The zero-order valence-electron chi connectivity index (χ0n) is 18.9. The van der Waals surface area contributed by atoms with Crippen molar-refractivity contribution < 1.29 is 9.53 Å². The summed E-state index contributed by atoms with van der Waals surface area (Å²) < 4.78 is 6.46. The van der Waals surface area contributed by atoms with Crippen LogP contribution in [0.25, 0.3) is 0 Å². The molecule has 2 bridgehead atoms. The van der Waals surface area contributed by atoms with Crippen molar-refractivity contribution in [3.63, 3.8) is 0 Å². The maximum atomic E-state index is 12.9. The van der Waals surface area contributed by atoms with Gasteiger partial charge in [0.2, 0.25) is 0 Å². The molecular formula is C29H27N3O2. The first kappa shape index (κ1) is 20.0. The van der Waals surface area contributed by atoms with E-state index in [4.69, 9.17) is 15.9 Å². The number of amides is 1. The van der Waals surface area contributed by atoms with E-state index in [0.717, 1.165) is 23.0 Å². The molecule has 5 nitrogen and oxygen atoms in total. The van der Waals surface area contributed by atoms with Gasteiger partial charge >= 0.3 is 0 Å². The van der Waals surface area contributed by atoms with Crippen LogP contribution in [0.1, 0.15) is 105 Å². The number of hydrogen-bond donors (Lipinski definition) is 3. The molecule has 0 aromatic heterocycles. The number of rotatable bonds is 6. The molecule has 5 heteroatoms. The highest BCUT2D eigenvalue weighted by Crippen LogP contribution is 2.58. The first-order valence-electron chi connectivity index (χ1n) is 12.3. The van der Waals surface area contributed by atoms with E-state index in [-0.39, 0.29) is 24.0 Å². The van der Waals surface area contributed by atoms with Crippen LogP contribution in [0.3, 0.4) is 0 Å². The van der Waals surface area contributed by atoms with E-state index in [1.54, 1.807) is 23.3 Å². The number of carbonyl (C=O) groups excluding carboxylic acids is 1. The van der Waals surface area contributed by atoms with Crippen molar-refractivity contribution in [2.75, 3.05) is 0 Å². The van der Waals surface area contributed by atoms with Crippen molar-refractivity contribution in [2.45, 2.75) is 56.3 Å². The maximum absolute atomic E-state index is 12.9. The number of amidine groups is 1. The van der Waals surface area contributed by atoms with Gasteiger partial charge < -0.3 is 15.8 Å². The summed E-state index contributed by atoms with van der Waals surface area (Å²) in [6.45, 7) is 0.425. The molecule has 2 heterocycles. The number of nitrogen functional groups attached to an aromatic ring is 1. The Balaban J connectivity index is 1.13. The quantitative estimate of drug-likeness (QED) is 0.358. The van der Waals surface area contributed by atoms with E-state index in [2.05, 4.69) is 23.5 Å². The molecule has 170 valence electrons. The van der Waals surface area contributed by atoms with E-state index in [1.165, 1.54) is 42.4 Å². The fourth-order valence-electron chi connectivity index (χ4n) is 5.65. The molecule has 3 aromatic carbocycles. The Morgan fingerprint density at radius 1 is 0.794 bits per heavy atom. The second kappa shape index (κ2) is 7.28. The highest BCUT2D eigenvalue weighted by atomic mass is 16.5. The molecule has 0 unspecified atom stereocenters. The van der Waals surface area contributed by atoms with Gasteiger partial charge in [0, 0.05) is 17.7 Å². The molecule has 4 N–H and O–H groups in total. The van der Waals surface area contributed by atoms with Gasteiger partial charge in [0.15, 0.2) is 0 Å². The van der Waals surface area contributed by atoms with Gasteiger partial charge in [-0.2, -0.15) is 0 Å². The summed E-state index contributed by atoms with van der Waals surface area (Å²) in [5.41, 5.74) is 16.0. The van der Waals surface area contributed by atoms with Gasteiger partial charge in [-0.05, 0) is 88.6 Å². The van der Waals surface area contributed by atoms with E-state index >= 15 is 0 Å². The predicted octanol–water partition coefficient (Wildman–Crippen LogP) is 5.18. The summed E-state index contributed by atoms with van der Waals surface area (Å²) in [6, 6.07) is 18.3. The average molecular weight is 450 g/mol. The zero-order chi connectivity index (χ0) is 23.0. The molecule has 4 aliphatic rings. The van der Waals surface area contributed by atoms with Crippen LogP contribution in [0.15, 0.2) is 54.6 Å². The van der Waals surface area contributed by atoms with Gasteiger partial charge in [0.25, 0.3) is 5.91 Å². The van der Waals surface area contributed by atoms with Crippen molar-refractivity contribution in [1.29, 1.82) is 5.41 Å². The van der Waals surface area contributed by atoms with Crippen molar-refractivity contribution in [1.82, 2.24) is 5.32 Å². The van der Waals surface area contributed by atoms with Crippen LogP contribution in [0.4, 0.5) is 0 Å². The number of fused-ring (bicyclic) bond motifs is 8. The van der Waals surface area contributed by atoms with E-state index in [9.17, 15) is 4.79 Å². The van der Waals surface area contributed by atoms with Crippen LogP contribution in [0.5, 0.6) is 0 Å². The van der Waals surface area contributed by atoms with Crippen molar-refractivity contribution in [3.05, 3.63) is 105 Å². The minimum Gasteiger partial charge on any atom is -0.384 e. The van der Waals surface area contributed by atoms with Gasteiger partial charge in [0.05, 0.1) is 0 Å². The fraction of sp³-hybridized carbons (Fsp3) is 0.310. The van der Waals surface area contributed by atoms with Crippen LogP contribution in [-0.4, -0.2) is 11.7 Å². The smallest absolute Gasteiger partial charge is 0.251 e. The first-order valence-corrected chi connectivity index (χ1v) is 12.3. The number of nitrogens with one attached hydrogen (secondary N) is 2. The van der Waals surface area contributed by atoms with Crippen LogP contribution >= 0.6 is 0 Å². The zero-order valence-corrected chi connectivity index (χ0v) is 18.9. The normalized spacial score (nSPS) is 21.8. The summed E-state index contributed by atoms with van der Waals surface area (Å²) in [5, 5.41) is 10.5. The second-order valence-corrected chi connectivity index (χ2v) is 10.2. The molecule has 0 radical (unpaired) electrons. The highest BCUT2D eigenvalue weighted by molar-refractivity contribution is 5.95. The minimum atomic E-state index is -0.0933.